The SMILES string of the molecule is CC(C)c1ccc([C@H](C)N[S@@+]([O-])C(C)(C)C)cc1. The highest BCUT2D eigenvalue weighted by Gasteiger charge is 2.28. The first-order valence-electron chi connectivity index (χ1n) is 6.49. The van der Waals surface area contributed by atoms with Gasteiger partial charge in [0, 0.05) is 11.4 Å². The van der Waals surface area contributed by atoms with Crippen LogP contribution in [-0.4, -0.2) is 9.30 Å². The summed E-state index contributed by atoms with van der Waals surface area (Å²) in [5, 5.41) is 0. The largest absolute Gasteiger partial charge is 0.598 e. The maximum Gasteiger partial charge on any atom is 0.136 e. The van der Waals surface area contributed by atoms with E-state index in [9.17, 15) is 4.55 Å². The molecule has 18 heavy (non-hydrogen) atoms. The van der Waals surface area contributed by atoms with Gasteiger partial charge >= 0.3 is 0 Å². The molecule has 2 nitrogen and oxygen atoms in total. The summed E-state index contributed by atoms with van der Waals surface area (Å²) in [7, 11) is 0. The molecule has 1 rings (SSSR count). The van der Waals surface area contributed by atoms with Gasteiger partial charge in [-0.2, -0.15) is 0 Å². The lowest BCUT2D eigenvalue weighted by Gasteiger charge is -2.26. The molecule has 0 amide bonds. The molecule has 1 aromatic rings. The predicted molar refractivity (Wildman–Crippen MR) is 80.0 cm³/mol. The van der Waals surface area contributed by atoms with Crippen LogP contribution < -0.4 is 4.72 Å². The summed E-state index contributed by atoms with van der Waals surface area (Å²) in [6.07, 6.45) is 0. The fourth-order valence-corrected chi connectivity index (χ4v) is 2.39. The molecule has 0 bridgehead atoms. The molecule has 1 aromatic carbocycles. The van der Waals surface area contributed by atoms with Crippen molar-refractivity contribution in [3.8, 4) is 0 Å². The number of nitrogens with one attached hydrogen (secondary N) is 1. The zero-order valence-corrected chi connectivity index (χ0v) is 13.1. The summed E-state index contributed by atoms with van der Waals surface area (Å²) in [6, 6.07) is 8.64. The van der Waals surface area contributed by atoms with Crippen LogP contribution in [0, 0.1) is 0 Å². The Hall–Kier alpha value is -0.510. The van der Waals surface area contributed by atoms with Crippen molar-refractivity contribution in [1.82, 2.24) is 4.72 Å². The summed E-state index contributed by atoms with van der Waals surface area (Å²) in [4.78, 5) is 0. The van der Waals surface area contributed by atoms with Crippen molar-refractivity contribution in [2.75, 3.05) is 0 Å². The third kappa shape index (κ3) is 4.30. The molecule has 3 heteroatoms. The van der Waals surface area contributed by atoms with E-state index in [1.807, 2.05) is 27.7 Å². The Morgan fingerprint density at radius 3 is 1.83 bits per heavy atom. The van der Waals surface area contributed by atoms with Crippen LogP contribution in [0.25, 0.3) is 0 Å². The lowest BCUT2D eigenvalue weighted by Crippen LogP contribution is -2.40. The molecular weight excluding hydrogens is 242 g/mol. The van der Waals surface area contributed by atoms with E-state index in [2.05, 4.69) is 42.8 Å². The van der Waals surface area contributed by atoms with Gasteiger partial charge in [-0.05, 0) is 44.7 Å². The number of hydrogen-bond donors (Lipinski definition) is 1. The Morgan fingerprint density at radius 1 is 1.00 bits per heavy atom. The van der Waals surface area contributed by atoms with Crippen LogP contribution in [0.4, 0.5) is 0 Å². The van der Waals surface area contributed by atoms with Crippen LogP contribution in [0.15, 0.2) is 24.3 Å². The molecule has 0 aliphatic heterocycles. The molecule has 0 saturated carbocycles. The summed E-state index contributed by atoms with van der Waals surface area (Å²) < 4.78 is 15.0. The van der Waals surface area contributed by atoms with E-state index in [-0.39, 0.29) is 10.8 Å². The standard InChI is InChI=1S/C15H25NOS/c1-11(2)13-7-9-14(10-8-13)12(3)16-18(17)15(4,5)6/h7-12,16H,1-6H3/t12-,18-/m0/s1. The molecule has 0 aliphatic rings. The summed E-state index contributed by atoms with van der Waals surface area (Å²) >= 11 is -1.03. The quantitative estimate of drug-likeness (QED) is 0.839. The minimum absolute atomic E-state index is 0.103. The molecule has 0 radical (unpaired) electrons. The second-order valence-electron chi connectivity index (χ2n) is 6.04. The van der Waals surface area contributed by atoms with E-state index in [0.717, 1.165) is 0 Å². The lowest BCUT2D eigenvalue weighted by atomic mass is 10.00. The van der Waals surface area contributed by atoms with Gasteiger partial charge in [0.05, 0.1) is 6.04 Å². The molecule has 0 aliphatic carbocycles. The molecule has 0 saturated heterocycles. The van der Waals surface area contributed by atoms with E-state index in [4.69, 9.17) is 0 Å². The zero-order chi connectivity index (χ0) is 13.9. The minimum atomic E-state index is -1.03. The topological polar surface area (TPSA) is 35.1 Å². The van der Waals surface area contributed by atoms with Gasteiger partial charge in [0.2, 0.25) is 0 Å². The van der Waals surface area contributed by atoms with Crippen molar-refractivity contribution in [2.24, 2.45) is 0 Å². The van der Waals surface area contributed by atoms with Crippen molar-refractivity contribution >= 4 is 11.4 Å². The van der Waals surface area contributed by atoms with Gasteiger partial charge < -0.3 is 4.55 Å². The highest BCUT2D eigenvalue weighted by molar-refractivity contribution is 7.90. The molecule has 0 fully saturated rings. The lowest BCUT2D eigenvalue weighted by molar-refractivity contribution is 0.531. The normalized spacial score (nSPS) is 15.8. The highest BCUT2D eigenvalue weighted by Crippen LogP contribution is 2.21. The number of rotatable bonds is 4. The van der Waals surface area contributed by atoms with Crippen LogP contribution in [0.2, 0.25) is 0 Å². The van der Waals surface area contributed by atoms with Gasteiger partial charge in [-0.1, -0.05) is 38.1 Å². The van der Waals surface area contributed by atoms with Crippen molar-refractivity contribution < 1.29 is 4.55 Å². The van der Waals surface area contributed by atoms with Crippen molar-refractivity contribution in [3.05, 3.63) is 35.4 Å². The third-order valence-corrected chi connectivity index (χ3v) is 4.62. The van der Waals surface area contributed by atoms with Crippen molar-refractivity contribution in [3.63, 3.8) is 0 Å². The maximum absolute atomic E-state index is 12.0. The molecule has 102 valence electrons. The molecular formula is C15H25NOS. The Kier molecular flexibility index (Phi) is 5.26. The second kappa shape index (κ2) is 6.09. The predicted octanol–water partition coefficient (Wildman–Crippen LogP) is 3.92. The summed E-state index contributed by atoms with van der Waals surface area (Å²) in [5.74, 6) is 0.547. The molecule has 0 heterocycles. The molecule has 0 spiro atoms. The van der Waals surface area contributed by atoms with Gasteiger partial charge in [-0.3, -0.25) is 0 Å². The first-order valence-corrected chi connectivity index (χ1v) is 7.64. The Bertz CT molecular complexity index is 367. The van der Waals surface area contributed by atoms with Crippen LogP contribution in [0.5, 0.6) is 0 Å². The van der Waals surface area contributed by atoms with Crippen molar-refractivity contribution in [2.45, 2.75) is 58.2 Å². The van der Waals surface area contributed by atoms with Crippen LogP contribution >= 0.6 is 0 Å². The molecule has 1 N–H and O–H groups in total. The first kappa shape index (κ1) is 15.5. The maximum atomic E-state index is 12.0. The zero-order valence-electron chi connectivity index (χ0n) is 12.3. The van der Waals surface area contributed by atoms with Crippen molar-refractivity contribution in [1.29, 1.82) is 0 Å². The molecule has 2 atom stereocenters. The Morgan fingerprint density at radius 2 is 1.44 bits per heavy atom. The van der Waals surface area contributed by atoms with Gasteiger partial charge in [0.1, 0.15) is 4.75 Å². The van der Waals surface area contributed by atoms with E-state index in [1.165, 1.54) is 11.1 Å². The van der Waals surface area contributed by atoms with Gasteiger partial charge in [-0.15, -0.1) is 4.72 Å². The average Bonchev–Trinajstić information content (AvgIpc) is 2.27. The number of benzene rings is 1. The first-order chi connectivity index (χ1) is 8.21. The molecule has 0 aromatic heterocycles. The van der Waals surface area contributed by atoms with Gasteiger partial charge in [0.25, 0.3) is 0 Å². The Balaban J connectivity index is 2.70. The highest BCUT2D eigenvalue weighted by atomic mass is 32.2. The van der Waals surface area contributed by atoms with E-state index in [0.29, 0.717) is 5.92 Å². The van der Waals surface area contributed by atoms with E-state index >= 15 is 0 Å². The number of hydrogen-bond acceptors (Lipinski definition) is 2. The van der Waals surface area contributed by atoms with E-state index in [1.54, 1.807) is 0 Å². The Labute approximate surface area is 114 Å². The summed E-state index contributed by atoms with van der Waals surface area (Å²) in [6.45, 7) is 12.4. The van der Waals surface area contributed by atoms with Crippen LogP contribution in [0.3, 0.4) is 0 Å². The average molecular weight is 267 g/mol. The van der Waals surface area contributed by atoms with Crippen LogP contribution in [0.1, 0.15) is 64.6 Å². The smallest absolute Gasteiger partial charge is 0.136 e. The fraction of sp³-hybridized carbons (Fsp3) is 0.600. The van der Waals surface area contributed by atoms with E-state index < -0.39 is 11.4 Å². The van der Waals surface area contributed by atoms with Gasteiger partial charge in [-0.25, -0.2) is 0 Å². The minimum Gasteiger partial charge on any atom is -0.598 e. The van der Waals surface area contributed by atoms with Crippen LogP contribution in [-0.2, 0) is 11.4 Å². The fourth-order valence-electron chi connectivity index (χ4n) is 1.57. The molecule has 0 unspecified atom stereocenters. The summed E-state index contributed by atoms with van der Waals surface area (Å²) in [5.41, 5.74) is 2.51. The second-order valence-corrected chi connectivity index (χ2v) is 8.04. The van der Waals surface area contributed by atoms with Gasteiger partial charge in [0.15, 0.2) is 0 Å². The monoisotopic (exact) mass is 267 g/mol. The third-order valence-electron chi connectivity index (χ3n) is 2.94.